The van der Waals surface area contributed by atoms with E-state index in [4.69, 9.17) is 0 Å². The van der Waals surface area contributed by atoms with E-state index in [-0.39, 0.29) is 5.91 Å². The highest BCUT2D eigenvalue weighted by molar-refractivity contribution is 5.94. The molecule has 1 aliphatic heterocycles. The van der Waals surface area contributed by atoms with Gasteiger partial charge in [0.05, 0.1) is 0 Å². The van der Waals surface area contributed by atoms with Crippen LogP contribution in [0, 0.1) is 0 Å². The fraction of sp³-hybridized carbons (Fsp3) is 0.381. The van der Waals surface area contributed by atoms with Crippen molar-refractivity contribution in [2.45, 2.75) is 38.5 Å². The van der Waals surface area contributed by atoms with Crippen LogP contribution in [0.15, 0.2) is 54.6 Å². The molecule has 1 fully saturated rings. The lowest BCUT2D eigenvalue weighted by Crippen LogP contribution is -2.38. The maximum atomic E-state index is 12.5. The average Bonchev–Trinajstić information content (AvgIpc) is 2.63. The van der Waals surface area contributed by atoms with Crippen molar-refractivity contribution in [2.24, 2.45) is 0 Å². The molecule has 0 unspecified atom stereocenters. The number of amides is 1. The van der Waals surface area contributed by atoms with Gasteiger partial charge in [-0.2, -0.15) is 0 Å². The molecular weight excluding hydrogens is 282 g/mol. The number of carbonyl (C=O) groups excluding carboxylic acids is 1. The van der Waals surface area contributed by atoms with Crippen LogP contribution < -0.4 is 0 Å². The fourth-order valence-electron chi connectivity index (χ4n) is 3.59. The standard InChI is InChI=1S/C21H25NO/c1-2-8-17-9-6-7-12-20(17)18-13-15-22(16-14-18)21(23)19-10-4-3-5-11-19/h3-7,9-12,18H,2,8,13-16H2,1H3. The third-order valence-corrected chi connectivity index (χ3v) is 4.82. The molecule has 3 rings (SSSR count). The lowest BCUT2D eigenvalue weighted by Gasteiger charge is -2.33. The number of hydrogen-bond acceptors (Lipinski definition) is 1. The largest absolute Gasteiger partial charge is 0.339 e. The zero-order valence-electron chi connectivity index (χ0n) is 13.9. The Morgan fingerprint density at radius 2 is 1.65 bits per heavy atom. The molecule has 0 aliphatic carbocycles. The molecule has 0 radical (unpaired) electrons. The van der Waals surface area contributed by atoms with Gasteiger partial charge < -0.3 is 4.90 Å². The van der Waals surface area contributed by atoms with Crippen molar-refractivity contribution in [1.29, 1.82) is 0 Å². The molecule has 1 amide bonds. The van der Waals surface area contributed by atoms with Crippen LogP contribution in [0.5, 0.6) is 0 Å². The van der Waals surface area contributed by atoms with Crippen molar-refractivity contribution in [3.8, 4) is 0 Å². The predicted molar refractivity (Wildman–Crippen MR) is 94.8 cm³/mol. The van der Waals surface area contributed by atoms with Gasteiger partial charge in [0.15, 0.2) is 0 Å². The van der Waals surface area contributed by atoms with Gasteiger partial charge in [-0.05, 0) is 48.4 Å². The first-order valence-corrected chi connectivity index (χ1v) is 8.71. The SMILES string of the molecule is CCCc1ccccc1C1CCN(C(=O)c2ccccc2)CC1. The summed E-state index contributed by atoms with van der Waals surface area (Å²) in [6.07, 6.45) is 4.47. The molecule has 0 saturated carbocycles. The van der Waals surface area contributed by atoms with E-state index in [1.807, 2.05) is 35.2 Å². The van der Waals surface area contributed by atoms with Gasteiger partial charge in [-0.1, -0.05) is 55.8 Å². The van der Waals surface area contributed by atoms with E-state index in [0.29, 0.717) is 5.92 Å². The van der Waals surface area contributed by atoms with Crippen molar-refractivity contribution < 1.29 is 4.79 Å². The van der Waals surface area contributed by atoms with Gasteiger partial charge in [0.25, 0.3) is 5.91 Å². The highest BCUT2D eigenvalue weighted by Crippen LogP contribution is 2.31. The number of nitrogens with zero attached hydrogens (tertiary/aromatic N) is 1. The summed E-state index contributed by atoms with van der Waals surface area (Å²) in [4.78, 5) is 14.5. The quantitative estimate of drug-likeness (QED) is 0.804. The topological polar surface area (TPSA) is 20.3 Å². The second-order valence-electron chi connectivity index (χ2n) is 6.38. The summed E-state index contributed by atoms with van der Waals surface area (Å²) >= 11 is 0. The first-order valence-electron chi connectivity index (χ1n) is 8.71. The minimum absolute atomic E-state index is 0.172. The lowest BCUT2D eigenvalue weighted by molar-refractivity contribution is 0.0713. The molecule has 0 bridgehead atoms. The van der Waals surface area contributed by atoms with Crippen LogP contribution in [0.1, 0.15) is 53.6 Å². The third kappa shape index (κ3) is 3.64. The molecule has 1 heterocycles. The number of piperidine rings is 1. The molecule has 0 N–H and O–H groups in total. The number of carbonyl (C=O) groups is 1. The van der Waals surface area contributed by atoms with Crippen LogP contribution >= 0.6 is 0 Å². The first kappa shape index (κ1) is 15.8. The normalized spacial score (nSPS) is 15.6. The van der Waals surface area contributed by atoms with Gasteiger partial charge in [-0.15, -0.1) is 0 Å². The summed E-state index contributed by atoms with van der Waals surface area (Å²) in [6.45, 7) is 3.95. The van der Waals surface area contributed by atoms with Gasteiger partial charge >= 0.3 is 0 Å². The van der Waals surface area contributed by atoms with Crippen LogP contribution in [0.25, 0.3) is 0 Å². The van der Waals surface area contributed by atoms with E-state index in [1.54, 1.807) is 0 Å². The third-order valence-electron chi connectivity index (χ3n) is 4.82. The van der Waals surface area contributed by atoms with E-state index in [1.165, 1.54) is 17.5 Å². The summed E-state index contributed by atoms with van der Waals surface area (Å²) in [5.41, 5.74) is 3.79. The van der Waals surface area contributed by atoms with Gasteiger partial charge in [0.1, 0.15) is 0 Å². The van der Waals surface area contributed by atoms with E-state index in [2.05, 4.69) is 31.2 Å². The van der Waals surface area contributed by atoms with Crippen molar-refractivity contribution in [1.82, 2.24) is 4.90 Å². The number of rotatable bonds is 4. The Kier molecular flexibility index (Phi) is 5.12. The highest BCUT2D eigenvalue weighted by Gasteiger charge is 2.25. The second-order valence-corrected chi connectivity index (χ2v) is 6.38. The molecule has 0 aromatic heterocycles. The van der Waals surface area contributed by atoms with E-state index >= 15 is 0 Å². The summed E-state index contributed by atoms with van der Waals surface area (Å²) < 4.78 is 0. The van der Waals surface area contributed by atoms with Gasteiger partial charge in [-0.25, -0.2) is 0 Å². The van der Waals surface area contributed by atoms with E-state index in [9.17, 15) is 4.79 Å². The number of likely N-dealkylation sites (tertiary alicyclic amines) is 1. The summed E-state index contributed by atoms with van der Waals surface area (Å²) in [6, 6.07) is 18.5. The van der Waals surface area contributed by atoms with Crippen LogP contribution in [0.4, 0.5) is 0 Å². The molecule has 23 heavy (non-hydrogen) atoms. The van der Waals surface area contributed by atoms with E-state index in [0.717, 1.165) is 37.9 Å². The maximum Gasteiger partial charge on any atom is 0.253 e. The summed E-state index contributed by atoms with van der Waals surface area (Å²) in [7, 11) is 0. The highest BCUT2D eigenvalue weighted by atomic mass is 16.2. The number of aryl methyl sites for hydroxylation is 1. The Balaban J connectivity index is 1.66. The Morgan fingerprint density at radius 3 is 2.35 bits per heavy atom. The Morgan fingerprint density at radius 1 is 1.00 bits per heavy atom. The van der Waals surface area contributed by atoms with Crippen molar-refractivity contribution in [2.75, 3.05) is 13.1 Å². The summed E-state index contributed by atoms with van der Waals surface area (Å²) in [5.74, 6) is 0.767. The van der Waals surface area contributed by atoms with Crippen LogP contribution in [-0.4, -0.2) is 23.9 Å². The zero-order chi connectivity index (χ0) is 16.1. The first-order chi connectivity index (χ1) is 11.3. The smallest absolute Gasteiger partial charge is 0.253 e. The summed E-state index contributed by atoms with van der Waals surface area (Å²) in [5, 5.41) is 0. The number of benzene rings is 2. The molecule has 1 aliphatic rings. The minimum Gasteiger partial charge on any atom is -0.339 e. The van der Waals surface area contributed by atoms with Crippen LogP contribution in [0.2, 0.25) is 0 Å². The molecular formula is C21H25NO. The van der Waals surface area contributed by atoms with Crippen molar-refractivity contribution in [3.63, 3.8) is 0 Å². The molecule has 0 spiro atoms. The fourth-order valence-corrected chi connectivity index (χ4v) is 3.59. The van der Waals surface area contributed by atoms with Gasteiger partial charge in [0, 0.05) is 18.7 Å². The van der Waals surface area contributed by atoms with Gasteiger partial charge in [0.2, 0.25) is 0 Å². The van der Waals surface area contributed by atoms with Crippen molar-refractivity contribution >= 4 is 5.91 Å². The average molecular weight is 307 g/mol. The lowest BCUT2D eigenvalue weighted by atomic mass is 9.85. The minimum atomic E-state index is 0.172. The van der Waals surface area contributed by atoms with Crippen LogP contribution in [-0.2, 0) is 6.42 Å². The molecule has 2 aromatic rings. The zero-order valence-corrected chi connectivity index (χ0v) is 13.9. The Bertz CT molecular complexity index is 642. The second kappa shape index (κ2) is 7.45. The molecule has 0 atom stereocenters. The monoisotopic (exact) mass is 307 g/mol. The van der Waals surface area contributed by atoms with E-state index < -0.39 is 0 Å². The maximum absolute atomic E-state index is 12.5. The number of hydrogen-bond donors (Lipinski definition) is 0. The van der Waals surface area contributed by atoms with Crippen molar-refractivity contribution in [3.05, 3.63) is 71.3 Å². The van der Waals surface area contributed by atoms with Crippen LogP contribution in [0.3, 0.4) is 0 Å². The molecule has 1 saturated heterocycles. The Labute approximate surface area is 139 Å². The predicted octanol–water partition coefficient (Wildman–Crippen LogP) is 4.66. The Hall–Kier alpha value is -2.09. The molecule has 2 nitrogen and oxygen atoms in total. The van der Waals surface area contributed by atoms with Gasteiger partial charge in [-0.3, -0.25) is 4.79 Å². The molecule has 2 heteroatoms. The molecule has 120 valence electrons. The molecule has 2 aromatic carbocycles.